The van der Waals surface area contributed by atoms with Gasteiger partial charge in [0.15, 0.2) is 0 Å². The van der Waals surface area contributed by atoms with E-state index in [4.69, 9.17) is 20.0 Å². The Labute approximate surface area is 138 Å². The van der Waals surface area contributed by atoms with Gasteiger partial charge in [0.1, 0.15) is 0 Å². The van der Waals surface area contributed by atoms with E-state index in [1.54, 1.807) is 0 Å². The second kappa shape index (κ2) is 6.21. The fraction of sp³-hybridized carbons (Fsp3) is 0. The second-order valence-electron chi connectivity index (χ2n) is 2.88. The zero-order valence-corrected chi connectivity index (χ0v) is 8.59. The van der Waals surface area contributed by atoms with Crippen LogP contribution < -0.4 is 5.30 Å². The average molecular weight is 286 g/mol. The minimum absolute atomic E-state index is 0. The summed E-state index contributed by atoms with van der Waals surface area (Å²) in [6.07, 6.45) is 0. The van der Waals surface area contributed by atoms with Crippen molar-refractivity contribution >= 4 is 76.2 Å². The number of aromatic carboxylic acids is 2. The molecule has 1 aromatic carbocycles. The maximum atomic E-state index is 10.8. The Hall–Kier alpha value is -0.0536. The molecule has 0 saturated carbocycles. The molecule has 7 nitrogen and oxygen atoms in total. The van der Waals surface area contributed by atoms with Crippen LogP contribution in [0.3, 0.4) is 0 Å². The standard InChI is InChI=1S/C8H7O7P.K.H/c9-7(10)5-2-1-4(16(13,14)15)3-6(5)8(11)12;;/h1-3H,(H,9,10)(H,11,12)(H2,13,14,15);;. The van der Waals surface area contributed by atoms with Gasteiger partial charge in [-0.1, -0.05) is 0 Å². The van der Waals surface area contributed by atoms with Crippen molar-refractivity contribution in [2.45, 2.75) is 0 Å². The predicted octanol–water partition coefficient (Wildman–Crippen LogP) is -0.763. The van der Waals surface area contributed by atoms with E-state index in [9.17, 15) is 14.2 Å². The summed E-state index contributed by atoms with van der Waals surface area (Å²) >= 11 is 0. The Balaban J connectivity index is 0.00000256. The van der Waals surface area contributed by atoms with E-state index in [2.05, 4.69) is 0 Å². The van der Waals surface area contributed by atoms with Crippen LogP contribution in [-0.4, -0.2) is 83.3 Å². The van der Waals surface area contributed by atoms with Gasteiger partial charge in [0.05, 0.1) is 16.4 Å². The molecule has 9 heteroatoms. The summed E-state index contributed by atoms with van der Waals surface area (Å²) in [6.45, 7) is 0. The first-order valence-electron chi connectivity index (χ1n) is 3.90. The van der Waals surface area contributed by atoms with Crippen LogP contribution in [0.4, 0.5) is 0 Å². The molecule has 0 aromatic heterocycles. The van der Waals surface area contributed by atoms with Gasteiger partial charge in [-0.2, -0.15) is 0 Å². The second-order valence-corrected chi connectivity index (χ2v) is 4.49. The van der Waals surface area contributed by atoms with Gasteiger partial charge < -0.3 is 20.0 Å². The van der Waals surface area contributed by atoms with Gasteiger partial charge in [0, 0.05) is 0 Å². The van der Waals surface area contributed by atoms with Crippen LogP contribution in [0.15, 0.2) is 18.2 Å². The summed E-state index contributed by atoms with van der Waals surface area (Å²) in [7, 11) is -4.59. The normalized spacial score (nSPS) is 10.5. The van der Waals surface area contributed by atoms with Gasteiger partial charge in [-0.3, -0.25) is 4.57 Å². The first-order chi connectivity index (χ1) is 7.23. The SMILES string of the molecule is O=C(O)c1ccc(P(=O)(O)O)cc1C(=O)O.[KH]. The molecule has 0 bridgehead atoms. The van der Waals surface area contributed by atoms with Gasteiger partial charge in [-0.25, -0.2) is 9.59 Å². The summed E-state index contributed by atoms with van der Waals surface area (Å²) in [5.41, 5.74) is -1.18. The van der Waals surface area contributed by atoms with Crippen molar-refractivity contribution in [1.82, 2.24) is 0 Å². The molecule has 0 aliphatic carbocycles. The van der Waals surface area contributed by atoms with E-state index < -0.39 is 36.0 Å². The molecule has 0 amide bonds. The number of carboxylic acid groups (broad SMARTS) is 2. The molecule has 0 unspecified atom stereocenters. The zero-order valence-electron chi connectivity index (χ0n) is 7.69. The molecule has 0 aliphatic heterocycles. The minimum atomic E-state index is -4.59. The maximum absolute atomic E-state index is 10.8. The third kappa shape index (κ3) is 4.27. The van der Waals surface area contributed by atoms with Crippen molar-refractivity contribution < 1.29 is 34.2 Å². The molecule has 0 fully saturated rings. The number of carbonyl (C=O) groups is 2. The van der Waals surface area contributed by atoms with Gasteiger partial charge in [-0.15, -0.1) is 0 Å². The Bertz CT molecular complexity index is 507. The Kier molecular flexibility index (Phi) is 6.19. The van der Waals surface area contributed by atoms with Crippen molar-refractivity contribution in [2.75, 3.05) is 0 Å². The Morgan fingerprint density at radius 1 is 1.00 bits per heavy atom. The quantitative estimate of drug-likeness (QED) is 0.424. The molecule has 4 N–H and O–H groups in total. The molecule has 0 radical (unpaired) electrons. The summed E-state index contributed by atoms with van der Waals surface area (Å²) in [4.78, 5) is 38.9. The summed E-state index contributed by atoms with van der Waals surface area (Å²) in [5, 5.41) is 16.8. The van der Waals surface area contributed by atoms with E-state index in [-0.39, 0.29) is 51.4 Å². The molecule has 0 spiro atoms. The molecular formula is C8H8KO7P. The van der Waals surface area contributed by atoms with Crippen molar-refractivity contribution in [3.05, 3.63) is 29.3 Å². The van der Waals surface area contributed by atoms with Gasteiger partial charge in [0.25, 0.3) is 0 Å². The molecule has 1 aromatic rings. The fourth-order valence-corrected chi connectivity index (χ4v) is 1.64. The summed E-state index contributed by atoms with van der Waals surface area (Å²) < 4.78 is 10.8. The molecule has 0 heterocycles. The topological polar surface area (TPSA) is 132 Å². The van der Waals surface area contributed by atoms with Crippen LogP contribution in [0.25, 0.3) is 0 Å². The van der Waals surface area contributed by atoms with Crippen molar-refractivity contribution in [1.29, 1.82) is 0 Å². The molecule has 0 atom stereocenters. The van der Waals surface area contributed by atoms with E-state index in [0.717, 1.165) is 12.1 Å². The van der Waals surface area contributed by atoms with E-state index >= 15 is 0 Å². The van der Waals surface area contributed by atoms with E-state index in [0.29, 0.717) is 6.07 Å². The van der Waals surface area contributed by atoms with Crippen LogP contribution in [0.1, 0.15) is 20.7 Å². The monoisotopic (exact) mass is 286 g/mol. The third-order valence-electron chi connectivity index (χ3n) is 1.80. The van der Waals surface area contributed by atoms with Gasteiger partial charge in [0.2, 0.25) is 0 Å². The average Bonchev–Trinajstić information content (AvgIpc) is 2.15. The number of benzene rings is 1. The van der Waals surface area contributed by atoms with Gasteiger partial charge >= 0.3 is 70.9 Å². The Morgan fingerprint density at radius 2 is 1.47 bits per heavy atom. The van der Waals surface area contributed by atoms with E-state index in [1.165, 1.54) is 0 Å². The molecule has 1 rings (SSSR count). The van der Waals surface area contributed by atoms with Crippen molar-refractivity contribution in [3.63, 3.8) is 0 Å². The number of rotatable bonds is 3. The summed E-state index contributed by atoms with van der Waals surface area (Å²) in [5.74, 6) is -3.04. The Morgan fingerprint density at radius 3 is 1.82 bits per heavy atom. The molecule has 88 valence electrons. The van der Waals surface area contributed by atoms with Crippen LogP contribution >= 0.6 is 7.60 Å². The molecule has 17 heavy (non-hydrogen) atoms. The number of hydrogen-bond acceptors (Lipinski definition) is 3. The van der Waals surface area contributed by atoms with Crippen molar-refractivity contribution in [3.8, 4) is 0 Å². The van der Waals surface area contributed by atoms with Crippen LogP contribution in [0, 0.1) is 0 Å². The number of carboxylic acids is 2. The summed E-state index contributed by atoms with van der Waals surface area (Å²) in [6, 6.07) is 2.39. The first-order valence-corrected chi connectivity index (χ1v) is 5.51. The van der Waals surface area contributed by atoms with E-state index in [1.807, 2.05) is 0 Å². The molecule has 0 saturated heterocycles. The number of hydrogen-bond donors (Lipinski definition) is 4. The van der Waals surface area contributed by atoms with Crippen molar-refractivity contribution in [2.24, 2.45) is 0 Å². The molecular weight excluding hydrogens is 278 g/mol. The van der Waals surface area contributed by atoms with Gasteiger partial charge in [-0.05, 0) is 18.2 Å². The van der Waals surface area contributed by atoms with Crippen LogP contribution in [0.2, 0.25) is 0 Å². The zero-order chi connectivity index (χ0) is 12.5. The molecule has 0 aliphatic rings. The third-order valence-corrected chi connectivity index (χ3v) is 2.75. The fourth-order valence-electron chi connectivity index (χ4n) is 1.08. The predicted molar refractivity (Wildman–Crippen MR) is 59.2 cm³/mol. The first kappa shape index (κ1) is 16.9. The van der Waals surface area contributed by atoms with Crippen LogP contribution in [0.5, 0.6) is 0 Å². The van der Waals surface area contributed by atoms with Crippen LogP contribution in [-0.2, 0) is 4.57 Å².